The van der Waals surface area contributed by atoms with Crippen molar-refractivity contribution < 1.29 is 4.79 Å². The predicted octanol–water partition coefficient (Wildman–Crippen LogP) is 3.62. The van der Waals surface area contributed by atoms with Crippen molar-refractivity contribution in [2.24, 2.45) is 0 Å². The molecule has 3 aromatic rings. The second-order valence-corrected chi connectivity index (χ2v) is 6.00. The second kappa shape index (κ2) is 4.71. The Bertz CT molecular complexity index is 708. The molecule has 0 spiro atoms. The molecule has 0 aliphatic carbocycles. The predicted molar refractivity (Wildman–Crippen MR) is 79.2 cm³/mol. The van der Waals surface area contributed by atoms with Crippen LogP contribution in [-0.4, -0.2) is 15.9 Å². The highest BCUT2D eigenvalue weighted by Crippen LogP contribution is 2.28. The molecule has 1 aromatic carbocycles. The van der Waals surface area contributed by atoms with Gasteiger partial charge in [-0.3, -0.25) is 10.1 Å². The van der Waals surface area contributed by atoms with Gasteiger partial charge < -0.3 is 0 Å². The first-order valence-electron chi connectivity index (χ1n) is 5.71. The van der Waals surface area contributed by atoms with Gasteiger partial charge in [-0.25, -0.2) is 9.97 Å². The van der Waals surface area contributed by atoms with Crippen molar-refractivity contribution in [1.29, 1.82) is 0 Å². The third-order valence-electron chi connectivity index (χ3n) is 2.89. The molecule has 2 heterocycles. The van der Waals surface area contributed by atoms with Crippen LogP contribution in [0.1, 0.15) is 21.6 Å². The van der Waals surface area contributed by atoms with Crippen molar-refractivity contribution in [2.75, 3.05) is 5.32 Å². The van der Waals surface area contributed by atoms with Crippen LogP contribution in [0.4, 0.5) is 5.13 Å². The molecule has 0 saturated heterocycles. The molecule has 0 fully saturated rings. The summed E-state index contributed by atoms with van der Waals surface area (Å²) in [7, 11) is 0. The van der Waals surface area contributed by atoms with Gasteiger partial charge in [-0.15, -0.1) is 11.3 Å². The largest absolute Gasteiger partial charge is 0.296 e. The van der Waals surface area contributed by atoms with E-state index in [0.717, 1.165) is 10.2 Å². The fourth-order valence-corrected chi connectivity index (χ4v) is 3.19. The number of thiazole rings is 2. The molecular weight excluding hydrogens is 278 g/mol. The lowest BCUT2D eigenvalue weighted by Crippen LogP contribution is -2.11. The fraction of sp³-hybridized carbons (Fsp3) is 0.154. The number of fused-ring (bicyclic) bond motifs is 1. The minimum Gasteiger partial charge on any atom is -0.296 e. The van der Waals surface area contributed by atoms with Gasteiger partial charge in [-0.05, 0) is 37.1 Å². The fourth-order valence-electron chi connectivity index (χ4n) is 1.72. The summed E-state index contributed by atoms with van der Waals surface area (Å²) in [5.41, 5.74) is 5.42. The Morgan fingerprint density at radius 2 is 2.05 bits per heavy atom. The Morgan fingerprint density at radius 3 is 2.79 bits per heavy atom. The van der Waals surface area contributed by atoms with Crippen molar-refractivity contribution in [3.63, 3.8) is 0 Å². The van der Waals surface area contributed by atoms with Gasteiger partial charge in [-0.2, -0.15) is 0 Å². The van der Waals surface area contributed by atoms with Crippen LogP contribution in [0.3, 0.4) is 0 Å². The number of hydrogen-bond acceptors (Lipinski definition) is 5. The first kappa shape index (κ1) is 12.3. The van der Waals surface area contributed by atoms with E-state index in [-0.39, 0.29) is 5.91 Å². The summed E-state index contributed by atoms with van der Waals surface area (Å²) >= 11 is 2.88. The van der Waals surface area contributed by atoms with E-state index in [1.165, 1.54) is 33.8 Å². The molecule has 0 saturated carbocycles. The summed E-state index contributed by atoms with van der Waals surface area (Å²) in [4.78, 5) is 20.3. The number of anilines is 1. The van der Waals surface area contributed by atoms with Gasteiger partial charge in [0.2, 0.25) is 0 Å². The maximum Gasteiger partial charge on any atom is 0.276 e. The molecule has 6 heteroatoms. The number of nitrogens with zero attached hydrogens (tertiary/aromatic N) is 2. The molecule has 4 nitrogen and oxygen atoms in total. The van der Waals surface area contributed by atoms with Gasteiger partial charge in [0.05, 0.1) is 15.7 Å². The Hall–Kier alpha value is -1.79. The van der Waals surface area contributed by atoms with Crippen LogP contribution in [-0.2, 0) is 0 Å². The number of nitrogens with one attached hydrogen (secondary N) is 1. The van der Waals surface area contributed by atoms with Gasteiger partial charge in [0, 0.05) is 5.38 Å². The molecular formula is C13H11N3OS2. The zero-order valence-corrected chi connectivity index (χ0v) is 12.1. The van der Waals surface area contributed by atoms with E-state index in [1.807, 2.05) is 6.07 Å². The number of carbonyl (C=O) groups excluding carboxylic acids is 1. The molecule has 1 N–H and O–H groups in total. The number of aromatic nitrogens is 2. The molecule has 1 amide bonds. The standard InChI is InChI=1S/C13H11N3OS2/c1-7-3-9-11(4-8(7)2)19-13(15-9)16-12(17)10-5-18-6-14-10/h3-6H,1-2H3,(H,15,16,17). The average Bonchev–Trinajstić information content (AvgIpc) is 2.98. The zero-order valence-electron chi connectivity index (χ0n) is 10.4. The van der Waals surface area contributed by atoms with Crippen LogP contribution in [0.2, 0.25) is 0 Å². The van der Waals surface area contributed by atoms with Crippen LogP contribution >= 0.6 is 22.7 Å². The summed E-state index contributed by atoms with van der Waals surface area (Å²) < 4.78 is 1.08. The van der Waals surface area contributed by atoms with E-state index in [9.17, 15) is 4.79 Å². The van der Waals surface area contributed by atoms with E-state index in [0.29, 0.717) is 10.8 Å². The maximum atomic E-state index is 11.9. The van der Waals surface area contributed by atoms with Gasteiger partial charge in [-0.1, -0.05) is 11.3 Å². The topological polar surface area (TPSA) is 54.9 Å². The molecule has 0 atom stereocenters. The number of benzene rings is 1. The lowest BCUT2D eigenvalue weighted by atomic mass is 10.1. The smallest absolute Gasteiger partial charge is 0.276 e. The quantitative estimate of drug-likeness (QED) is 0.784. The molecule has 0 aliphatic rings. The number of hydrogen-bond donors (Lipinski definition) is 1. The van der Waals surface area contributed by atoms with Crippen LogP contribution in [0.5, 0.6) is 0 Å². The molecule has 3 rings (SSSR count). The highest BCUT2D eigenvalue weighted by Gasteiger charge is 2.11. The normalized spacial score (nSPS) is 10.8. The molecule has 0 bridgehead atoms. The molecule has 0 unspecified atom stereocenters. The summed E-state index contributed by atoms with van der Waals surface area (Å²) in [5.74, 6) is -0.214. The van der Waals surface area contributed by atoms with Crippen LogP contribution in [0, 0.1) is 13.8 Å². The van der Waals surface area contributed by atoms with Crippen LogP contribution in [0.25, 0.3) is 10.2 Å². The number of carbonyl (C=O) groups is 1. The first-order chi connectivity index (χ1) is 9.13. The van der Waals surface area contributed by atoms with E-state index in [1.54, 1.807) is 10.9 Å². The Labute approximate surface area is 118 Å². The Balaban J connectivity index is 1.92. The number of rotatable bonds is 2. The summed E-state index contributed by atoms with van der Waals surface area (Å²) in [5, 5.41) is 5.11. The Kier molecular flexibility index (Phi) is 3.04. The van der Waals surface area contributed by atoms with Gasteiger partial charge >= 0.3 is 0 Å². The lowest BCUT2D eigenvalue weighted by molar-refractivity contribution is 0.102. The summed E-state index contributed by atoms with van der Waals surface area (Å²) in [6, 6.07) is 4.14. The SMILES string of the molecule is Cc1cc2nc(NC(=O)c3cscn3)sc2cc1C. The van der Waals surface area contributed by atoms with Crippen molar-refractivity contribution in [1.82, 2.24) is 9.97 Å². The highest BCUT2D eigenvalue weighted by molar-refractivity contribution is 7.22. The summed E-state index contributed by atoms with van der Waals surface area (Å²) in [6.07, 6.45) is 0. The monoisotopic (exact) mass is 289 g/mol. The van der Waals surface area contributed by atoms with Crippen molar-refractivity contribution in [3.05, 3.63) is 39.8 Å². The lowest BCUT2D eigenvalue weighted by Gasteiger charge is -1.96. The molecule has 0 aliphatic heterocycles. The zero-order chi connectivity index (χ0) is 13.4. The molecule has 2 aromatic heterocycles. The van der Waals surface area contributed by atoms with Crippen LogP contribution < -0.4 is 5.32 Å². The van der Waals surface area contributed by atoms with Crippen molar-refractivity contribution in [3.8, 4) is 0 Å². The van der Waals surface area contributed by atoms with E-state index >= 15 is 0 Å². The maximum absolute atomic E-state index is 11.9. The van der Waals surface area contributed by atoms with E-state index < -0.39 is 0 Å². The average molecular weight is 289 g/mol. The minimum atomic E-state index is -0.214. The van der Waals surface area contributed by atoms with Crippen molar-refractivity contribution >= 4 is 43.9 Å². The van der Waals surface area contributed by atoms with Gasteiger partial charge in [0.25, 0.3) is 5.91 Å². The molecule has 19 heavy (non-hydrogen) atoms. The number of aryl methyl sites for hydroxylation is 2. The molecule has 96 valence electrons. The third kappa shape index (κ3) is 2.36. The van der Waals surface area contributed by atoms with Crippen molar-refractivity contribution in [2.45, 2.75) is 13.8 Å². The summed E-state index contributed by atoms with van der Waals surface area (Å²) in [6.45, 7) is 4.13. The first-order valence-corrected chi connectivity index (χ1v) is 7.47. The van der Waals surface area contributed by atoms with E-state index in [4.69, 9.17) is 0 Å². The Morgan fingerprint density at radius 1 is 1.26 bits per heavy atom. The third-order valence-corrected chi connectivity index (χ3v) is 4.41. The molecule has 0 radical (unpaired) electrons. The minimum absolute atomic E-state index is 0.214. The number of amides is 1. The van der Waals surface area contributed by atoms with Crippen LogP contribution in [0.15, 0.2) is 23.0 Å². The highest BCUT2D eigenvalue weighted by atomic mass is 32.1. The van der Waals surface area contributed by atoms with Gasteiger partial charge in [0.1, 0.15) is 5.69 Å². The second-order valence-electron chi connectivity index (χ2n) is 4.25. The van der Waals surface area contributed by atoms with E-state index in [2.05, 4.69) is 35.2 Å². The van der Waals surface area contributed by atoms with Gasteiger partial charge in [0.15, 0.2) is 5.13 Å².